The summed E-state index contributed by atoms with van der Waals surface area (Å²) in [6.45, 7) is 4.85. The number of fused-ring (bicyclic) bond motifs is 1. The second kappa shape index (κ2) is 6.05. The first kappa shape index (κ1) is 14.3. The van der Waals surface area contributed by atoms with Crippen LogP contribution in [0.5, 0.6) is 5.75 Å². The first-order chi connectivity index (χ1) is 10.8. The highest BCUT2D eigenvalue weighted by Crippen LogP contribution is 2.33. The Labute approximate surface area is 135 Å². The molecule has 22 heavy (non-hydrogen) atoms. The van der Waals surface area contributed by atoms with Crippen LogP contribution in [-0.2, 0) is 0 Å². The maximum absolute atomic E-state index is 5.31. The van der Waals surface area contributed by atoms with Crippen LogP contribution in [-0.4, -0.2) is 49.2 Å². The van der Waals surface area contributed by atoms with E-state index in [9.17, 15) is 0 Å². The van der Waals surface area contributed by atoms with E-state index in [-0.39, 0.29) is 0 Å². The molecule has 0 saturated carbocycles. The largest absolute Gasteiger partial charge is 0.497 e. The molecule has 3 heterocycles. The molecule has 2 aliphatic rings. The second-order valence-electron chi connectivity index (χ2n) is 6.32. The fourth-order valence-electron chi connectivity index (χ4n) is 3.65. The Hall–Kier alpha value is -1.33. The number of benzene rings is 1. The van der Waals surface area contributed by atoms with Gasteiger partial charge in [-0.05, 0) is 50.6 Å². The molecule has 0 aliphatic carbocycles. The van der Waals surface area contributed by atoms with E-state index in [0.717, 1.165) is 30.4 Å². The van der Waals surface area contributed by atoms with Crippen LogP contribution in [0.3, 0.4) is 0 Å². The van der Waals surface area contributed by atoms with Crippen molar-refractivity contribution in [1.82, 2.24) is 9.88 Å². The quantitative estimate of drug-likeness (QED) is 0.868. The highest BCUT2D eigenvalue weighted by atomic mass is 32.1. The third-order valence-electron chi connectivity index (χ3n) is 4.93. The van der Waals surface area contributed by atoms with Crippen molar-refractivity contribution in [2.45, 2.75) is 31.7 Å². The lowest BCUT2D eigenvalue weighted by Crippen LogP contribution is -2.40. The molecule has 0 amide bonds. The molecule has 1 atom stereocenters. The van der Waals surface area contributed by atoms with Crippen LogP contribution in [0.15, 0.2) is 18.2 Å². The highest BCUT2D eigenvalue weighted by molar-refractivity contribution is 7.22. The van der Waals surface area contributed by atoms with Gasteiger partial charge >= 0.3 is 0 Å². The summed E-state index contributed by atoms with van der Waals surface area (Å²) in [5.74, 6) is 0.912. The third kappa shape index (κ3) is 2.68. The fourth-order valence-corrected chi connectivity index (χ4v) is 4.68. The predicted octanol–water partition coefficient (Wildman–Crippen LogP) is 3.37. The Balaban J connectivity index is 1.50. The molecule has 0 N–H and O–H groups in total. The van der Waals surface area contributed by atoms with E-state index in [1.165, 1.54) is 48.6 Å². The lowest BCUT2D eigenvalue weighted by Gasteiger charge is -2.32. The molecule has 4 nitrogen and oxygen atoms in total. The average molecular weight is 317 g/mol. The van der Waals surface area contributed by atoms with Gasteiger partial charge < -0.3 is 9.64 Å². The number of likely N-dealkylation sites (tertiary alicyclic amines) is 1. The molecular weight excluding hydrogens is 294 g/mol. The van der Waals surface area contributed by atoms with Gasteiger partial charge in [-0.1, -0.05) is 17.8 Å². The van der Waals surface area contributed by atoms with Gasteiger partial charge in [0.05, 0.1) is 17.3 Å². The molecule has 2 saturated heterocycles. The molecule has 118 valence electrons. The summed E-state index contributed by atoms with van der Waals surface area (Å²) >= 11 is 1.79. The molecule has 0 spiro atoms. The summed E-state index contributed by atoms with van der Waals surface area (Å²) in [5, 5.41) is 1.17. The molecule has 5 heteroatoms. The Morgan fingerprint density at radius 3 is 2.86 bits per heavy atom. The number of hydrogen-bond donors (Lipinski definition) is 0. The van der Waals surface area contributed by atoms with Crippen molar-refractivity contribution in [3.63, 3.8) is 0 Å². The topological polar surface area (TPSA) is 28.6 Å². The molecule has 4 rings (SSSR count). The van der Waals surface area contributed by atoms with Crippen LogP contribution in [0, 0.1) is 0 Å². The van der Waals surface area contributed by atoms with E-state index in [4.69, 9.17) is 9.72 Å². The molecule has 0 radical (unpaired) electrons. The molecule has 1 unspecified atom stereocenters. The third-order valence-corrected chi connectivity index (χ3v) is 6.00. The van der Waals surface area contributed by atoms with E-state index >= 15 is 0 Å². The van der Waals surface area contributed by atoms with Crippen LogP contribution >= 0.6 is 11.3 Å². The SMILES string of the molecule is COc1ccc2nc(N3CCC(N4CCCCC4)C3)sc2c1. The number of nitrogens with zero attached hydrogens (tertiary/aromatic N) is 3. The van der Waals surface area contributed by atoms with E-state index in [2.05, 4.69) is 21.9 Å². The van der Waals surface area contributed by atoms with Crippen molar-refractivity contribution in [3.05, 3.63) is 18.2 Å². The number of piperidine rings is 1. The standard InChI is InChI=1S/C17H23N3OS/c1-21-14-5-6-15-16(11-14)22-17(18-15)20-10-7-13(12-20)19-8-3-2-4-9-19/h5-6,11,13H,2-4,7-10,12H2,1H3. The minimum atomic E-state index is 0.724. The zero-order valence-corrected chi connectivity index (χ0v) is 13.9. The zero-order valence-electron chi connectivity index (χ0n) is 13.1. The number of ether oxygens (including phenoxy) is 1. The molecular formula is C17H23N3OS. The smallest absolute Gasteiger partial charge is 0.186 e. The number of aromatic nitrogens is 1. The average Bonchev–Trinajstić information content (AvgIpc) is 3.21. The van der Waals surface area contributed by atoms with Gasteiger partial charge in [0.25, 0.3) is 0 Å². The van der Waals surface area contributed by atoms with Crippen molar-refractivity contribution in [2.75, 3.05) is 38.2 Å². The van der Waals surface area contributed by atoms with Crippen LogP contribution in [0.1, 0.15) is 25.7 Å². The van der Waals surface area contributed by atoms with Crippen molar-refractivity contribution in [1.29, 1.82) is 0 Å². The fraction of sp³-hybridized carbons (Fsp3) is 0.588. The molecule has 1 aromatic carbocycles. The second-order valence-corrected chi connectivity index (χ2v) is 7.32. The molecule has 2 aliphatic heterocycles. The van der Waals surface area contributed by atoms with Crippen molar-refractivity contribution in [2.24, 2.45) is 0 Å². The van der Waals surface area contributed by atoms with Gasteiger partial charge in [0.1, 0.15) is 5.75 Å². The molecule has 2 aromatic rings. The molecule has 1 aromatic heterocycles. The minimum absolute atomic E-state index is 0.724. The van der Waals surface area contributed by atoms with Crippen molar-refractivity contribution in [3.8, 4) is 5.75 Å². The van der Waals surface area contributed by atoms with Crippen LogP contribution in [0.4, 0.5) is 5.13 Å². The summed E-state index contributed by atoms with van der Waals surface area (Å²) in [6.07, 6.45) is 5.43. The van der Waals surface area contributed by atoms with Gasteiger partial charge in [-0.3, -0.25) is 4.90 Å². The zero-order chi connectivity index (χ0) is 14.9. The summed E-state index contributed by atoms with van der Waals surface area (Å²) in [7, 11) is 1.72. The first-order valence-electron chi connectivity index (χ1n) is 8.27. The maximum atomic E-state index is 5.31. The number of rotatable bonds is 3. The normalized spacial score (nSPS) is 23.3. The van der Waals surface area contributed by atoms with Gasteiger partial charge in [-0.2, -0.15) is 0 Å². The summed E-state index contributed by atoms with van der Waals surface area (Å²) in [4.78, 5) is 9.98. The number of hydrogen-bond acceptors (Lipinski definition) is 5. The van der Waals surface area contributed by atoms with E-state index in [0.29, 0.717) is 0 Å². The monoisotopic (exact) mass is 317 g/mol. The van der Waals surface area contributed by atoms with Crippen LogP contribution < -0.4 is 9.64 Å². The van der Waals surface area contributed by atoms with E-state index in [1.54, 1.807) is 18.4 Å². The van der Waals surface area contributed by atoms with E-state index in [1.807, 2.05) is 6.07 Å². The van der Waals surface area contributed by atoms with Crippen LogP contribution in [0.25, 0.3) is 10.2 Å². The lowest BCUT2D eigenvalue weighted by atomic mass is 10.1. The van der Waals surface area contributed by atoms with Gasteiger partial charge in [-0.15, -0.1) is 0 Å². The van der Waals surface area contributed by atoms with Gasteiger partial charge in [0, 0.05) is 19.1 Å². The Kier molecular flexibility index (Phi) is 3.92. The lowest BCUT2D eigenvalue weighted by molar-refractivity contribution is 0.175. The number of methoxy groups -OCH3 is 1. The Morgan fingerprint density at radius 1 is 1.18 bits per heavy atom. The van der Waals surface area contributed by atoms with E-state index < -0.39 is 0 Å². The Bertz CT molecular complexity index is 650. The number of thiazole rings is 1. The predicted molar refractivity (Wildman–Crippen MR) is 92.2 cm³/mol. The highest BCUT2D eigenvalue weighted by Gasteiger charge is 2.29. The van der Waals surface area contributed by atoms with Gasteiger partial charge in [0.15, 0.2) is 5.13 Å². The van der Waals surface area contributed by atoms with Gasteiger partial charge in [-0.25, -0.2) is 4.98 Å². The van der Waals surface area contributed by atoms with Crippen molar-refractivity contribution >= 4 is 26.7 Å². The number of anilines is 1. The van der Waals surface area contributed by atoms with Crippen LogP contribution in [0.2, 0.25) is 0 Å². The van der Waals surface area contributed by atoms with Gasteiger partial charge in [0.2, 0.25) is 0 Å². The Morgan fingerprint density at radius 2 is 2.05 bits per heavy atom. The minimum Gasteiger partial charge on any atom is -0.497 e. The summed E-state index contributed by atoms with van der Waals surface area (Å²) in [6, 6.07) is 6.87. The maximum Gasteiger partial charge on any atom is 0.186 e. The molecule has 2 fully saturated rings. The molecule has 0 bridgehead atoms. The first-order valence-corrected chi connectivity index (χ1v) is 9.09. The summed E-state index contributed by atoms with van der Waals surface area (Å²) < 4.78 is 6.53. The summed E-state index contributed by atoms with van der Waals surface area (Å²) in [5.41, 5.74) is 1.09. The van der Waals surface area contributed by atoms with Crippen molar-refractivity contribution < 1.29 is 4.74 Å².